The fourth-order valence-corrected chi connectivity index (χ4v) is 1.08. The molecular formula is C11H19NO3. The molecule has 0 saturated carbocycles. The van der Waals surface area contributed by atoms with E-state index >= 15 is 0 Å². The average molecular weight is 213 g/mol. The molecule has 4 nitrogen and oxygen atoms in total. The molecule has 1 unspecified atom stereocenters. The fraction of sp³-hybridized carbons (Fsp3) is 0.818. The van der Waals surface area contributed by atoms with Crippen LogP contribution in [0.15, 0.2) is 0 Å². The van der Waals surface area contributed by atoms with Gasteiger partial charge in [0.25, 0.3) is 0 Å². The SMILES string of the molecule is CC(C)(C)OC(=O)CCCC(O)CC#N. The van der Waals surface area contributed by atoms with Gasteiger partial charge in [-0.05, 0) is 33.6 Å². The van der Waals surface area contributed by atoms with Gasteiger partial charge in [0, 0.05) is 6.42 Å². The van der Waals surface area contributed by atoms with Crippen molar-refractivity contribution in [3.05, 3.63) is 0 Å². The molecule has 0 aromatic heterocycles. The fourth-order valence-electron chi connectivity index (χ4n) is 1.08. The second kappa shape index (κ2) is 6.41. The van der Waals surface area contributed by atoms with Crippen LogP contribution >= 0.6 is 0 Å². The molecule has 0 spiro atoms. The van der Waals surface area contributed by atoms with E-state index in [2.05, 4.69) is 0 Å². The molecule has 86 valence electrons. The first-order valence-electron chi connectivity index (χ1n) is 5.12. The van der Waals surface area contributed by atoms with Crippen molar-refractivity contribution in [3.8, 4) is 6.07 Å². The van der Waals surface area contributed by atoms with E-state index in [1.165, 1.54) is 0 Å². The van der Waals surface area contributed by atoms with Crippen molar-refractivity contribution in [2.45, 2.75) is 58.2 Å². The van der Waals surface area contributed by atoms with Gasteiger partial charge < -0.3 is 9.84 Å². The maximum absolute atomic E-state index is 11.2. The zero-order valence-corrected chi connectivity index (χ0v) is 9.62. The Labute approximate surface area is 90.9 Å². The van der Waals surface area contributed by atoms with Gasteiger partial charge in [0.05, 0.1) is 18.6 Å². The van der Waals surface area contributed by atoms with Gasteiger partial charge in [-0.2, -0.15) is 5.26 Å². The van der Waals surface area contributed by atoms with Crippen LogP contribution in [0.4, 0.5) is 0 Å². The molecule has 15 heavy (non-hydrogen) atoms. The zero-order chi connectivity index (χ0) is 11.9. The van der Waals surface area contributed by atoms with Crippen LogP contribution in [0.3, 0.4) is 0 Å². The van der Waals surface area contributed by atoms with Crippen molar-refractivity contribution >= 4 is 5.97 Å². The first-order chi connectivity index (χ1) is 6.85. The molecule has 0 aliphatic rings. The Morgan fingerprint density at radius 2 is 2.13 bits per heavy atom. The van der Waals surface area contributed by atoms with Crippen LogP contribution < -0.4 is 0 Å². The summed E-state index contributed by atoms with van der Waals surface area (Å²) in [4.78, 5) is 11.2. The third-order valence-corrected chi connectivity index (χ3v) is 1.67. The summed E-state index contributed by atoms with van der Waals surface area (Å²) in [5, 5.41) is 17.5. The topological polar surface area (TPSA) is 70.3 Å². The quantitative estimate of drug-likeness (QED) is 0.706. The summed E-state index contributed by atoms with van der Waals surface area (Å²) < 4.78 is 5.09. The molecule has 0 radical (unpaired) electrons. The van der Waals surface area contributed by atoms with Gasteiger partial charge in [0.2, 0.25) is 0 Å². The molecule has 0 aliphatic heterocycles. The summed E-state index contributed by atoms with van der Waals surface area (Å²) in [6.45, 7) is 5.44. The van der Waals surface area contributed by atoms with Crippen LogP contribution in [0.5, 0.6) is 0 Å². The summed E-state index contributed by atoms with van der Waals surface area (Å²) in [6.07, 6.45) is 0.802. The number of carbonyl (C=O) groups is 1. The molecule has 0 aromatic rings. The third kappa shape index (κ3) is 9.23. The largest absolute Gasteiger partial charge is 0.460 e. The summed E-state index contributed by atoms with van der Waals surface area (Å²) in [5.74, 6) is -0.258. The second-order valence-corrected chi connectivity index (χ2v) is 4.49. The maximum atomic E-state index is 11.2. The van der Waals surface area contributed by atoms with E-state index in [1.54, 1.807) is 0 Å². The highest BCUT2D eigenvalue weighted by Gasteiger charge is 2.16. The van der Waals surface area contributed by atoms with Crippen LogP contribution in [0.25, 0.3) is 0 Å². The number of rotatable bonds is 5. The number of aliphatic hydroxyl groups excluding tert-OH is 1. The minimum Gasteiger partial charge on any atom is -0.460 e. The van der Waals surface area contributed by atoms with Gasteiger partial charge in [0.1, 0.15) is 5.60 Å². The molecule has 0 saturated heterocycles. The zero-order valence-electron chi connectivity index (χ0n) is 9.62. The average Bonchev–Trinajstić information content (AvgIpc) is 2.00. The molecule has 1 atom stereocenters. The lowest BCUT2D eigenvalue weighted by molar-refractivity contribution is -0.155. The van der Waals surface area contributed by atoms with Crippen LogP contribution in [0, 0.1) is 11.3 Å². The number of carbonyl (C=O) groups excluding carboxylic acids is 1. The molecular weight excluding hydrogens is 194 g/mol. The van der Waals surface area contributed by atoms with Crippen molar-refractivity contribution < 1.29 is 14.6 Å². The van der Waals surface area contributed by atoms with Crippen molar-refractivity contribution in [2.24, 2.45) is 0 Å². The van der Waals surface area contributed by atoms with Gasteiger partial charge in [-0.1, -0.05) is 0 Å². The van der Waals surface area contributed by atoms with E-state index < -0.39 is 11.7 Å². The molecule has 1 N–H and O–H groups in total. The van der Waals surface area contributed by atoms with Crippen molar-refractivity contribution in [3.63, 3.8) is 0 Å². The summed E-state index contributed by atoms with van der Waals surface area (Å²) >= 11 is 0. The second-order valence-electron chi connectivity index (χ2n) is 4.49. The van der Waals surface area contributed by atoms with Gasteiger partial charge >= 0.3 is 5.97 Å². The number of ether oxygens (including phenoxy) is 1. The molecule has 0 fully saturated rings. The minimum atomic E-state index is -0.627. The van der Waals surface area contributed by atoms with E-state index in [4.69, 9.17) is 10.00 Å². The van der Waals surface area contributed by atoms with E-state index in [-0.39, 0.29) is 12.4 Å². The smallest absolute Gasteiger partial charge is 0.306 e. The predicted molar refractivity (Wildman–Crippen MR) is 55.9 cm³/mol. The normalized spacial score (nSPS) is 13.0. The molecule has 0 bridgehead atoms. The van der Waals surface area contributed by atoms with Crippen molar-refractivity contribution in [1.82, 2.24) is 0 Å². The highest BCUT2D eigenvalue weighted by molar-refractivity contribution is 5.69. The summed E-state index contributed by atoms with van der Waals surface area (Å²) in [7, 11) is 0. The molecule has 0 amide bonds. The highest BCUT2D eigenvalue weighted by Crippen LogP contribution is 2.11. The number of esters is 1. The Hall–Kier alpha value is -1.08. The molecule has 0 aliphatic carbocycles. The number of hydrogen-bond acceptors (Lipinski definition) is 4. The Kier molecular flexibility index (Phi) is 5.95. The lowest BCUT2D eigenvalue weighted by Gasteiger charge is -2.19. The number of nitrogens with zero attached hydrogens (tertiary/aromatic N) is 1. The van der Waals surface area contributed by atoms with E-state index in [0.717, 1.165) is 0 Å². The molecule has 0 aromatic carbocycles. The van der Waals surface area contributed by atoms with E-state index in [0.29, 0.717) is 19.3 Å². The van der Waals surface area contributed by atoms with Crippen LogP contribution in [0.1, 0.15) is 46.5 Å². The summed E-state index contributed by atoms with van der Waals surface area (Å²) in [5.41, 5.74) is -0.456. The highest BCUT2D eigenvalue weighted by atomic mass is 16.6. The minimum absolute atomic E-state index is 0.119. The Morgan fingerprint density at radius 3 is 2.60 bits per heavy atom. The van der Waals surface area contributed by atoms with Crippen molar-refractivity contribution in [2.75, 3.05) is 0 Å². The first kappa shape index (κ1) is 13.9. The van der Waals surface area contributed by atoms with E-state index in [9.17, 15) is 9.90 Å². The van der Waals surface area contributed by atoms with E-state index in [1.807, 2.05) is 26.8 Å². The monoisotopic (exact) mass is 213 g/mol. The number of hydrogen-bond donors (Lipinski definition) is 1. The Balaban J connectivity index is 3.61. The predicted octanol–water partition coefficient (Wildman–Crippen LogP) is 1.77. The van der Waals surface area contributed by atoms with Gasteiger partial charge in [-0.15, -0.1) is 0 Å². The Bertz CT molecular complexity index is 237. The van der Waals surface area contributed by atoms with Crippen molar-refractivity contribution in [1.29, 1.82) is 5.26 Å². The molecule has 0 heterocycles. The molecule has 4 heteroatoms. The van der Waals surface area contributed by atoms with Gasteiger partial charge in [0.15, 0.2) is 0 Å². The van der Waals surface area contributed by atoms with Gasteiger partial charge in [-0.25, -0.2) is 0 Å². The summed E-state index contributed by atoms with van der Waals surface area (Å²) in [6, 6.07) is 1.88. The lowest BCUT2D eigenvalue weighted by Crippen LogP contribution is -2.23. The maximum Gasteiger partial charge on any atom is 0.306 e. The van der Waals surface area contributed by atoms with Crippen LogP contribution in [0.2, 0.25) is 0 Å². The third-order valence-electron chi connectivity index (χ3n) is 1.67. The van der Waals surface area contributed by atoms with Gasteiger partial charge in [-0.3, -0.25) is 4.79 Å². The molecule has 0 rings (SSSR count). The van der Waals surface area contributed by atoms with Crippen LogP contribution in [-0.2, 0) is 9.53 Å². The van der Waals surface area contributed by atoms with Crippen LogP contribution in [-0.4, -0.2) is 22.8 Å². The Morgan fingerprint density at radius 1 is 1.53 bits per heavy atom. The standard InChI is InChI=1S/C11H19NO3/c1-11(2,3)15-10(14)6-4-5-9(13)7-8-12/h9,13H,4-7H2,1-3H3. The first-order valence-corrected chi connectivity index (χ1v) is 5.12. The number of nitriles is 1. The number of aliphatic hydroxyl groups is 1. The lowest BCUT2D eigenvalue weighted by atomic mass is 10.1.